The first-order valence-corrected chi connectivity index (χ1v) is 37.8. The summed E-state index contributed by atoms with van der Waals surface area (Å²) in [5, 5.41) is 4.89. The minimum absolute atomic E-state index is 0.346. The molecule has 530 valence electrons. The van der Waals surface area contributed by atoms with Gasteiger partial charge in [-0.3, -0.25) is 19.1 Å². The third-order valence-electron chi connectivity index (χ3n) is 20.7. The molecule has 0 unspecified atom stereocenters. The van der Waals surface area contributed by atoms with Gasteiger partial charge in [0.25, 0.3) is 0 Å². The number of rotatable bonds is 14. The summed E-state index contributed by atoms with van der Waals surface area (Å²) in [7, 11) is -0.350. The Kier molecular flexibility index (Phi) is 19.5. The SMILES string of the molecule is Brc1ccc(-c2nc3ccccc3n2-c2ccccc2)nc1.CC1(C)OB(c2ccc(-c3ccc(N(c4ccccc4)c4cccc5ccccc45)cc3)cc2)OC1(C)C.c1ccc(N(c2ccc(-c3ccc(-c4ccc(-c5nc6ccccc6n5-c5ccccc5)nc4)cc3)cc2)c2cccc3ccccc23)cc1. The van der Waals surface area contributed by atoms with E-state index in [1.165, 1.54) is 32.7 Å². The summed E-state index contributed by atoms with van der Waals surface area (Å²) < 4.78 is 17.7. The molecule has 0 radical (unpaired) electrons. The summed E-state index contributed by atoms with van der Waals surface area (Å²) in [6.07, 6.45) is 3.74. The second kappa shape index (κ2) is 30.6. The molecular weight excluding hydrogens is 1410 g/mol. The Balaban J connectivity index is 0.000000129. The molecule has 110 heavy (non-hydrogen) atoms. The van der Waals surface area contributed by atoms with Crippen molar-refractivity contribution < 1.29 is 9.31 Å². The van der Waals surface area contributed by atoms with E-state index in [0.717, 1.165) is 123 Å². The molecule has 0 atom stereocenters. The molecule has 0 saturated carbocycles. The van der Waals surface area contributed by atoms with Crippen molar-refractivity contribution in [2.75, 3.05) is 9.80 Å². The van der Waals surface area contributed by atoms with Crippen LogP contribution in [0, 0.1) is 0 Å². The summed E-state index contributed by atoms with van der Waals surface area (Å²) in [6, 6.07) is 131. The van der Waals surface area contributed by atoms with E-state index < -0.39 is 0 Å². The number of halogens is 1. The number of pyridine rings is 2. The van der Waals surface area contributed by atoms with Crippen molar-refractivity contribution in [2.45, 2.75) is 38.9 Å². The molecule has 4 aromatic heterocycles. The van der Waals surface area contributed by atoms with Crippen molar-refractivity contribution in [1.29, 1.82) is 0 Å². The fourth-order valence-electron chi connectivity index (χ4n) is 14.4. The number of imidazole rings is 2. The van der Waals surface area contributed by atoms with Crippen LogP contribution in [0.3, 0.4) is 0 Å². The van der Waals surface area contributed by atoms with Gasteiger partial charge in [-0.15, -0.1) is 0 Å². The predicted octanol–water partition coefficient (Wildman–Crippen LogP) is 25.2. The van der Waals surface area contributed by atoms with Gasteiger partial charge in [-0.1, -0.05) is 249 Å². The maximum atomic E-state index is 6.22. The Morgan fingerprint density at radius 3 is 1.06 bits per heavy atom. The van der Waals surface area contributed by atoms with Gasteiger partial charge >= 0.3 is 7.12 Å². The van der Waals surface area contributed by atoms with Crippen LogP contribution in [0.15, 0.2) is 393 Å². The monoisotopic (exact) mass is 1490 g/mol. The van der Waals surface area contributed by atoms with E-state index in [1.54, 1.807) is 6.20 Å². The highest BCUT2D eigenvalue weighted by Crippen LogP contribution is 2.43. The lowest BCUT2D eigenvalue weighted by Crippen LogP contribution is -2.41. The molecule has 10 nitrogen and oxygen atoms in total. The predicted molar refractivity (Wildman–Crippen MR) is 459 cm³/mol. The number of fused-ring (bicyclic) bond motifs is 4. The highest BCUT2D eigenvalue weighted by Gasteiger charge is 2.51. The van der Waals surface area contributed by atoms with Gasteiger partial charge in [0.05, 0.1) is 44.6 Å². The van der Waals surface area contributed by atoms with Crippen LogP contribution in [-0.2, 0) is 9.31 Å². The van der Waals surface area contributed by atoms with Crippen molar-refractivity contribution in [1.82, 2.24) is 29.1 Å². The van der Waals surface area contributed by atoms with Crippen LogP contribution in [0.2, 0.25) is 0 Å². The Labute approximate surface area is 649 Å². The Bertz CT molecular complexity index is 6180. The van der Waals surface area contributed by atoms with Crippen LogP contribution in [0.25, 0.3) is 111 Å². The molecule has 12 heteroatoms. The van der Waals surface area contributed by atoms with E-state index in [0.29, 0.717) is 0 Å². The van der Waals surface area contributed by atoms with Gasteiger partial charge in [0.15, 0.2) is 11.6 Å². The van der Waals surface area contributed by atoms with Crippen molar-refractivity contribution in [2.24, 2.45) is 0 Å². The maximum Gasteiger partial charge on any atom is 0.494 e. The Morgan fingerprint density at radius 1 is 0.309 bits per heavy atom. The van der Waals surface area contributed by atoms with Gasteiger partial charge in [-0.2, -0.15) is 0 Å². The second-order valence-corrected chi connectivity index (χ2v) is 29.1. The smallest absolute Gasteiger partial charge is 0.399 e. The van der Waals surface area contributed by atoms with Crippen molar-refractivity contribution in [3.63, 3.8) is 0 Å². The first kappa shape index (κ1) is 69.9. The number of benzene rings is 14. The molecule has 0 aliphatic carbocycles. The lowest BCUT2D eigenvalue weighted by atomic mass is 9.78. The fourth-order valence-corrected chi connectivity index (χ4v) is 14.6. The first-order valence-electron chi connectivity index (χ1n) is 37.0. The van der Waals surface area contributed by atoms with Crippen LogP contribution in [-0.4, -0.2) is 47.4 Å². The summed E-state index contributed by atoms with van der Waals surface area (Å²) in [5.41, 5.74) is 21.8. The molecule has 0 spiro atoms. The lowest BCUT2D eigenvalue weighted by molar-refractivity contribution is 0.00578. The third kappa shape index (κ3) is 14.3. The molecule has 1 fully saturated rings. The molecule has 5 heterocycles. The van der Waals surface area contributed by atoms with E-state index in [-0.39, 0.29) is 18.3 Å². The summed E-state index contributed by atoms with van der Waals surface area (Å²) >= 11 is 3.43. The molecule has 1 aliphatic heterocycles. The van der Waals surface area contributed by atoms with Crippen LogP contribution in [0.1, 0.15) is 27.7 Å². The molecule has 0 N–H and O–H groups in total. The number of hydrogen-bond donors (Lipinski definition) is 0. The fraction of sp³-hybridized carbons (Fsp3) is 0.0612. The van der Waals surface area contributed by atoms with E-state index in [4.69, 9.17) is 24.3 Å². The van der Waals surface area contributed by atoms with Crippen LogP contribution in [0.4, 0.5) is 34.1 Å². The number of para-hydroxylation sites is 8. The van der Waals surface area contributed by atoms with Gasteiger partial charge in [0.1, 0.15) is 11.4 Å². The molecule has 0 amide bonds. The molecule has 1 saturated heterocycles. The highest BCUT2D eigenvalue weighted by atomic mass is 79.9. The topological polar surface area (TPSA) is 86.4 Å². The minimum atomic E-state index is -0.350. The Hall–Kier alpha value is -13.1. The number of anilines is 6. The minimum Gasteiger partial charge on any atom is -0.399 e. The van der Waals surface area contributed by atoms with Gasteiger partial charge in [-0.05, 0) is 215 Å². The van der Waals surface area contributed by atoms with Crippen molar-refractivity contribution in [3.05, 3.63) is 393 Å². The molecule has 19 rings (SSSR count). The maximum absolute atomic E-state index is 6.22. The average Bonchev–Trinajstić information content (AvgIpc) is 1.50. The molecule has 0 bridgehead atoms. The quantitative estimate of drug-likeness (QED) is 0.0996. The van der Waals surface area contributed by atoms with Crippen LogP contribution in [0.5, 0.6) is 0 Å². The van der Waals surface area contributed by atoms with Crippen molar-refractivity contribution >= 4 is 106 Å². The molecule has 1 aliphatic rings. The number of hydrogen-bond acceptors (Lipinski definition) is 8. The van der Waals surface area contributed by atoms with Gasteiger partial charge in [0, 0.05) is 67.3 Å². The summed E-state index contributed by atoms with van der Waals surface area (Å²) in [4.78, 5) is 23.8. The zero-order valence-electron chi connectivity index (χ0n) is 61.3. The standard InChI is InChI=1S/C46H32N4.C34H32BNO2.C18H12BrN3/c1-3-14-38(15-4-1)49(44-21-11-13-36-12-7-8-18-41(36)44)40-29-26-34(27-30-40)33-22-24-35(25-23-33)37-28-31-43(47-32-37)46-48-42-19-9-10-20-45(42)50(46)39-16-5-2-6-17-39;1-33(2)34(3,4)38-35(37-33)28-21-17-25(18-22-28)26-19-23-30(24-20-26)36(29-13-6-5-7-14-29)32-16-10-12-27-11-8-9-15-31(27)32;19-13-10-11-16(20-12-13)18-21-15-8-4-5-9-17(15)22(18)14-6-2-1-3-7-14/h1-32H;5-24H,1-4H3;1-12H. The van der Waals surface area contributed by atoms with E-state index in [1.807, 2.05) is 91.1 Å². The molecule has 14 aromatic carbocycles. The molecule has 18 aromatic rings. The first-order chi connectivity index (χ1) is 53.9. The average molecular weight is 1490 g/mol. The number of nitrogens with zero attached hydrogens (tertiary/aromatic N) is 8. The summed E-state index contributed by atoms with van der Waals surface area (Å²) in [6.45, 7) is 8.33. The second-order valence-electron chi connectivity index (χ2n) is 28.2. The third-order valence-corrected chi connectivity index (χ3v) is 21.2. The lowest BCUT2D eigenvalue weighted by Gasteiger charge is -2.32. The highest BCUT2D eigenvalue weighted by molar-refractivity contribution is 9.10. The zero-order chi connectivity index (χ0) is 74.6. The zero-order valence-corrected chi connectivity index (χ0v) is 62.9. The Morgan fingerprint density at radius 2 is 0.645 bits per heavy atom. The normalized spacial score (nSPS) is 12.8. The van der Waals surface area contributed by atoms with Gasteiger partial charge in [0.2, 0.25) is 0 Å². The number of aromatic nitrogens is 6. The van der Waals surface area contributed by atoms with Crippen LogP contribution < -0.4 is 15.3 Å². The van der Waals surface area contributed by atoms with Crippen molar-refractivity contribution in [3.8, 4) is 67.8 Å². The molecular formula is C98H76BBrN8O2. The summed E-state index contributed by atoms with van der Waals surface area (Å²) in [5.74, 6) is 1.67. The van der Waals surface area contributed by atoms with Gasteiger partial charge in [-0.25, -0.2) is 9.97 Å². The largest absolute Gasteiger partial charge is 0.494 e. The van der Waals surface area contributed by atoms with Crippen LogP contribution >= 0.6 is 15.9 Å². The van der Waals surface area contributed by atoms with E-state index in [9.17, 15) is 0 Å². The van der Waals surface area contributed by atoms with Gasteiger partial charge < -0.3 is 19.1 Å². The van der Waals surface area contributed by atoms with E-state index >= 15 is 0 Å². The van der Waals surface area contributed by atoms with E-state index in [2.05, 4.69) is 359 Å².